The molecule has 3 aromatic heterocycles. The Morgan fingerprint density at radius 2 is 1.88 bits per heavy atom. The number of ether oxygens (including phenoxy) is 2. The molecule has 3 aromatic rings. The summed E-state index contributed by atoms with van der Waals surface area (Å²) in [5.74, 6) is -0.187. The van der Waals surface area contributed by atoms with Crippen LogP contribution in [0, 0.1) is 0 Å². The van der Waals surface area contributed by atoms with Gasteiger partial charge in [-0.1, -0.05) is 6.07 Å². The molecular formula is C18H22N4O4. The molecule has 0 aliphatic carbocycles. The molecular weight excluding hydrogens is 336 g/mol. The Balaban J connectivity index is 2.07. The zero-order valence-electron chi connectivity index (χ0n) is 15.1. The number of amides is 1. The van der Waals surface area contributed by atoms with Gasteiger partial charge < -0.3 is 18.9 Å². The lowest BCUT2D eigenvalue weighted by atomic mass is 10.3. The third-order valence-electron chi connectivity index (χ3n) is 4.35. The highest BCUT2D eigenvalue weighted by Crippen LogP contribution is 2.16. The Kier molecular flexibility index (Phi) is 5.34. The van der Waals surface area contributed by atoms with Crippen LogP contribution >= 0.6 is 0 Å². The smallest absolute Gasteiger partial charge is 0.270 e. The number of nitrogens with zero attached hydrogens (tertiary/aromatic N) is 4. The van der Waals surface area contributed by atoms with Gasteiger partial charge in [-0.05, 0) is 18.2 Å². The van der Waals surface area contributed by atoms with Gasteiger partial charge in [0.15, 0.2) is 0 Å². The number of hydrogen-bond acceptors (Lipinski definition) is 5. The van der Waals surface area contributed by atoms with E-state index in [1.807, 2.05) is 6.07 Å². The van der Waals surface area contributed by atoms with Crippen LogP contribution in [0.3, 0.4) is 0 Å². The van der Waals surface area contributed by atoms with Crippen LogP contribution in [0.15, 0.2) is 35.3 Å². The Hall–Kier alpha value is -2.71. The normalized spacial score (nSPS) is 11.3. The Labute approximate surface area is 150 Å². The lowest BCUT2D eigenvalue weighted by molar-refractivity contribution is 0.0619. The third-order valence-corrected chi connectivity index (χ3v) is 4.35. The van der Waals surface area contributed by atoms with Crippen molar-refractivity contribution in [2.75, 3.05) is 40.5 Å². The van der Waals surface area contributed by atoms with Gasteiger partial charge in [-0.15, -0.1) is 0 Å². The van der Waals surface area contributed by atoms with Gasteiger partial charge in [0.2, 0.25) is 0 Å². The topological polar surface area (TPSA) is 78.1 Å². The van der Waals surface area contributed by atoms with Crippen LogP contribution in [0.2, 0.25) is 0 Å². The molecule has 0 aliphatic heterocycles. The molecule has 0 fully saturated rings. The van der Waals surface area contributed by atoms with Crippen LogP contribution in [0.25, 0.3) is 16.7 Å². The van der Waals surface area contributed by atoms with E-state index in [0.29, 0.717) is 48.7 Å². The molecule has 3 rings (SSSR count). The molecule has 0 bridgehead atoms. The van der Waals surface area contributed by atoms with Crippen molar-refractivity contribution in [2.24, 2.45) is 7.05 Å². The van der Waals surface area contributed by atoms with Crippen LogP contribution in [0.4, 0.5) is 0 Å². The highest BCUT2D eigenvalue weighted by molar-refractivity contribution is 5.98. The molecule has 0 N–H and O–H groups in total. The van der Waals surface area contributed by atoms with Gasteiger partial charge in [0.05, 0.1) is 18.6 Å². The van der Waals surface area contributed by atoms with E-state index >= 15 is 0 Å². The van der Waals surface area contributed by atoms with E-state index in [0.717, 1.165) is 0 Å². The summed E-state index contributed by atoms with van der Waals surface area (Å²) in [4.78, 5) is 31.9. The molecule has 0 unspecified atom stereocenters. The van der Waals surface area contributed by atoms with Crippen molar-refractivity contribution >= 4 is 22.6 Å². The molecule has 0 saturated carbocycles. The predicted molar refractivity (Wildman–Crippen MR) is 97.6 cm³/mol. The second-order valence-corrected chi connectivity index (χ2v) is 5.95. The molecule has 0 aliphatic rings. The Morgan fingerprint density at radius 1 is 1.19 bits per heavy atom. The van der Waals surface area contributed by atoms with Crippen LogP contribution in [-0.2, 0) is 16.5 Å². The monoisotopic (exact) mass is 358 g/mol. The zero-order chi connectivity index (χ0) is 18.7. The summed E-state index contributed by atoms with van der Waals surface area (Å²) in [5.41, 5.74) is 1.25. The first-order chi connectivity index (χ1) is 12.6. The molecule has 3 heterocycles. The number of methoxy groups -OCH3 is 2. The fraction of sp³-hybridized carbons (Fsp3) is 0.389. The minimum absolute atomic E-state index is 0.187. The van der Waals surface area contributed by atoms with E-state index in [-0.39, 0.29) is 11.5 Å². The second-order valence-electron chi connectivity index (χ2n) is 5.95. The van der Waals surface area contributed by atoms with Gasteiger partial charge in [-0.3, -0.25) is 14.0 Å². The zero-order valence-corrected chi connectivity index (χ0v) is 15.1. The fourth-order valence-corrected chi connectivity index (χ4v) is 2.91. The minimum Gasteiger partial charge on any atom is -0.383 e. The molecule has 0 atom stereocenters. The molecule has 0 saturated heterocycles. The summed E-state index contributed by atoms with van der Waals surface area (Å²) in [6.45, 7) is 1.72. The van der Waals surface area contributed by atoms with Gasteiger partial charge in [-0.25, -0.2) is 4.98 Å². The molecule has 8 nitrogen and oxygen atoms in total. The maximum atomic E-state index is 13.0. The summed E-state index contributed by atoms with van der Waals surface area (Å²) in [6.07, 6.45) is 1.67. The minimum atomic E-state index is -0.194. The number of pyridine rings is 1. The molecule has 8 heteroatoms. The van der Waals surface area contributed by atoms with Crippen molar-refractivity contribution in [3.63, 3.8) is 0 Å². The van der Waals surface area contributed by atoms with Crippen molar-refractivity contribution in [1.29, 1.82) is 0 Å². The van der Waals surface area contributed by atoms with Crippen molar-refractivity contribution in [3.05, 3.63) is 46.5 Å². The summed E-state index contributed by atoms with van der Waals surface area (Å²) in [5, 5.41) is 0.415. The van der Waals surface area contributed by atoms with Crippen molar-refractivity contribution < 1.29 is 14.3 Å². The predicted octanol–water partition coefficient (Wildman–Crippen LogP) is 0.921. The summed E-state index contributed by atoms with van der Waals surface area (Å²) >= 11 is 0. The lowest BCUT2D eigenvalue weighted by Gasteiger charge is -2.22. The highest BCUT2D eigenvalue weighted by atomic mass is 16.5. The maximum absolute atomic E-state index is 13.0. The first-order valence-electron chi connectivity index (χ1n) is 8.32. The quantitative estimate of drug-likeness (QED) is 0.628. The van der Waals surface area contributed by atoms with Crippen LogP contribution in [-0.4, -0.2) is 65.3 Å². The molecule has 1 amide bonds. The molecule has 0 spiro atoms. The Morgan fingerprint density at radius 3 is 2.54 bits per heavy atom. The van der Waals surface area contributed by atoms with E-state index < -0.39 is 0 Å². The number of aromatic nitrogens is 3. The number of fused-ring (bicyclic) bond motifs is 2. The molecule has 138 valence electrons. The number of carbonyl (C=O) groups is 1. The van der Waals surface area contributed by atoms with E-state index in [9.17, 15) is 9.59 Å². The summed E-state index contributed by atoms with van der Waals surface area (Å²) in [6, 6.07) is 6.96. The second kappa shape index (κ2) is 7.67. The van der Waals surface area contributed by atoms with Crippen LogP contribution in [0.5, 0.6) is 0 Å². The van der Waals surface area contributed by atoms with E-state index in [2.05, 4.69) is 4.98 Å². The van der Waals surface area contributed by atoms with Gasteiger partial charge in [0, 0.05) is 40.6 Å². The van der Waals surface area contributed by atoms with Crippen LogP contribution < -0.4 is 5.56 Å². The van der Waals surface area contributed by atoms with Gasteiger partial charge in [0.25, 0.3) is 11.5 Å². The largest absolute Gasteiger partial charge is 0.383 e. The molecule has 0 radical (unpaired) electrons. The summed E-state index contributed by atoms with van der Waals surface area (Å²) < 4.78 is 13.3. The van der Waals surface area contributed by atoms with Gasteiger partial charge in [0.1, 0.15) is 17.0 Å². The van der Waals surface area contributed by atoms with Crippen LogP contribution in [0.1, 0.15) is 10.5 Å². The molecule has 0 aromatic carbocycles. The standard InChI is InChI=1S/C18H22N4O4/c1-20-14(18(24)21(8-10-25-2)9-11-26-3)12-13-16(20)19-15-6-4-5-7-22(15)17(13)23/h4-7,12H,8-11H2,1-3H3. The number of aryl methyl sites for hydroxylation is 1. The average Bonchev–Trinajstić information content (AvgIpc) is 2.99. The highest BCUT2D eigenvalue weighted by Gasteiger charge is 2.22. The average molecular weight is 358 g/mol. The molecule has 26 heavy (non-hydrogen) atoms. The van der Waals surface area contributed by atoms with E-state index in [1.165, 1.54) is 4.40 Å². The lowest BCUT2D eigenvalue weighted by Crippen LogP contribution is -2.37. The van der Waals surface area contributed by atoms with Gasteiger partial charge >= 0.3 is 0 Å². The Bertz CT molecular complexity index is 984. The first-order valence-corrected chi connectivity index (χ1v) is 8.32. The van der Waals surface area contributed by atoms with Crippen molar-refractivity contribution in [2.45, 2.75) is 0 Å². The number of carbonyl (C=O) groups excluding carboxylic acids is 1. The maximum Gasteiger partial charge on any atom is 0.270 e. The van der Waals surface area contributed by atoms with E-state index in [1.54, 1.807) is 55.1 Å². The third kappa shape index (κ3) is 3.21. The van der Waals surface area contributed by atoms with E-state index in [4.69, 9.17) is 9.47 Å². The first kappa shape index (κ1) is 18.1. The SMILES string of the molecule is COCCN(CCOC)C(=O)c1cc2c(=O)n3ccccc3nc2n1C. The van der Waals surface area contributed by atoms with Crippen molar-refractivity contribution in [3.8, 4) is 0 Å². The fourth-order valence-electron chi connectivity index (χ4n) is 2.91. The number of hydrogen-bond donors (Lipinski definition) is 0. The van der Waals surface area contributed by atoms with Gasteiger partial charge in [-0.2, -0.15) is 0 Å². The summed E-state index contributed by atoms with van der Waals surface area (Å²) in [7, 11) is 4.92. The van der Waals surface area contributed by atoms with Crippen molar-refractivity contribution in [1.82, 2.24) is 18.9 Å². The number of rotatable bonds is 7.